The van der Waals surface area contributed by atoms with Gasteiger partial charge >= 0.3 is 0 Å². The molecule has 0 atom stereocenters. The highest BCUT2D eigenvalue weighted by molar-refractivity contribution is 7.98. The average Bonchev–Trinajstić information content (AvgIpc) is 3.29. The summed E-state index contributed by atoms with van der Waals surface area (Å²) in [6.07, 6.45) is 4.43. The van der Waals surface area contributed by atoms with Gasteiger partial charge in [-0.3, -0.25) is 0 Å². The Morgan fingerprint density at radius 1 is 1.20 bits per heavy atom. The van der Waals surface area contributed by atoms with E-state index >= 15 is 0 Å². The molecule has 104 valence electrons. The Bertz CT molecular complexity index is 570. The van der Waals surface area contributed by atoms with Gasteiger partial charge in [-0.05, 0) is 43.2 Å². The van der Waals surface area contributed by atoms with Crippen molar-refractivity contribution in [2.24, 2.45) is 0 Å². The fourth-order valence-corrected chi connectivity index (χ4v) is 2.71. The molecule has 0 spiro atoms. The first-order chi connectivity index (χ1) is 9.79. The van der Waals surface area contributed by atoms with Crippen LogP contribution in [-0.2, 0) is 12.3 Å². The van der Waals surface area contributed by atoms with Gasteiger partial charge in [0.1, 0.15) is 5.82 Å². The smallest absolute Gasteiger partial charge is 0.138 e. The lowest BCUT2D eigenvalue weighted by Crippen LogP contribution is -2.16. The predicted molar refractivity (Wildman–Crippen MR) is 82.9 cm³/mol. The van der Waals surface area contributed by atoms with Gasteiger partial charge in [0.25, 0.3) is 0 Å². The molecule has 1 N–H and O–H groups in total. The third-order valence-corrected chi connectivity index (χ3v) is 4.35. The predicted octanol–water partition coefficient (Wildman–Crippen LogP) is 3.67. The van der Waals surface area contributed by atoms with Crippen molar-refractivity contribution >= 4 is 23.4 Å². The summed E-state index contributed by atoms with van der Waals surface area (Å²) >= 11 is 7.60. The minimum Gasteiger partial charge on any atom is -0.308 e. The maximum atomic E-state index is 5.87. The summed E-state index contributed by atoms with van der Waals surface area (Å²) in [7, 11) is 0. The lowest BCUT2D eigenvalue weighted by Gasteiger charge is -2.05. The first kappa shape index (κ1) is 13.9. The summed E-state index contributed by atoms with van der Waals surface area (Å²) in [5.41, 5.74) is 1.07. The van der Waals surface area contributed by atoms with Gasteiger partial charge in [-0.25, -0.2) is 9.97 Å². The monoisotopic (exact) mass is 305 g/mol. The zero-order valence-corrected chi connectivity index (χ0v) is 12.6. The zero-order valence-electron chi connectivity index (χ0n) is 11.1. The van der Waals surface area contributed by atoms with E-state index in [1.807, 2.05) is 36.5 Å². The number of nitrogens with zero attached hydrogens (tertiary/aromatic N) is 2. The number of thioether (sulfide) groups is 1. The van der Waals surface area contributed by atoms with Crippen molar-refractivity contribution in [2.45, 2.75) is 36.1 Å². The molecule has 3 nitrogen and oxygen atoms in total. The Balaban J connectivity index is 1.56. The lowest BCUT2D eigenvalue weighted by molar-refractivity contribution is 0.670. The van der Waals surface area contributed by atoms with Gasteiger partial charge in [0, 0.05) is 28.7 Å². The normalized spacial score (nSPS) is 14.4. The standard InChI is InChI=1S/C15H16ClN3S/c16-11-1-5-14(6-2-11)20-10-15-17-8-7-13(19-15)9-18-12-3-4-12/h1-2,5-8,12,18H,3-4,9-10H2. The van der Waals surface area contributed by atoms with E-state index in [-0.39, 0.29) is 0 Å². The van der Waals surface area contributed by atoms with Crippen LogP contribution in [0.5, 0.6) is 0 Å². The summed E-state index contributed by atoms with van der Waals surface area (Å²) in [6, 6.07) is 10.5. The van der Waals surface area contributed by atoms with Crippen LogP contribution in [0.15, 0.2) is 41.4 Å². The van der Waals surface area contributed by atoms with Crippen LogP contribution in [0.4, 0.5) is 0 Å². The van der Waals surface area contributed by atoms with Crippen LogP contribution in [0.2, 0.25) is 5.02 Å². The molecule has 0 aliphatic heterocycles. The van der Waals surface area contributed by atoms with Crippen LogP contribution < -0.4 is 5.32 Å². The maximum Gasteiger partial charge on any atom is 0.138 e. The van der Waals surface area contributed by atoms with Gasteiger partial charge in [-0.15, -0.1) is 11.8 Å². The fourth-order valence-electron chi connectivity index (χ4n) is 1.82. The summed E-state index contributed by atoms with van der Waals surface area (Å²) in [4.78, 5) is 10.1. The van der Waals surface area contributed by atoms with Gasteiger partial charge in [0.05, 0.1) is 11.4 Å². The van der Waals surface area contributed by atoms with Gasteiger partial charge < -0.3 is 5.32 Å². The SMILES string of the molecule is Clc1ccc(SCc2nccc(CNC3CC3)n2)cc1. The molecule has 0 unspecified atom stereocenters. The van der Waals surface area contributed by atoms with Crippen molar-refractivity contribution < 1.29 is 0 Å². The van der Waals surface area contributed by atoms with Gasteiger partial charge in [-0.2, -0.15) is 0 Å². The van der Waals surface area contributed by atoms with E-state index in [9.17, 15) is 0 Å². The Morgan fingerprint density at radius 3 is 2.75 bits per heavy atom. The second kappa shape index (κ2) is 6.57. The van der Waals surface area contributed by atoms with Gasteiger partial charge in [0.2, 0.25) is 0 Å². The van der Waals surface area contributed by atoms with E-state index < -0.39 is 0 Å². The number of rotatable bonds is 6. The van der Waals surface area contributed by atoms with Gasteiger partial charge in [-0.1, -0.05) is 11.6 Å². The minimum absolute atomic E-state index is 0.705. The molecule has 20 heavy (non-hydrogen) atoms. The second-order valence-corrected chi connectivity index (χ2v) is 6.35. The topological polar surface area (TPSA) is 37.8 Å². The molecule has 2 aromatic rings. The van der Waals surface area contributed by atoms with Crippen LogP contribution in [0.25, 0.3) is 0 Å². The highest BCUT2D eigenvalue weighted by Crippen LogP contribution is 2.23. The van der Waals surface area contributed by atoms with Crippen LogP contribution in [0, 0.1) is 0 Å². The van der Waals surface area contributed by atoms with E-state index in [1.54, 1.807) is 11.8 Å². The molecule has 3 rings (SSSR count). The van der Waals surface area contributed by atoms with E-state index in [2.05, 4.69) is 15.3 Å². The largest absolute Gasteiger partial charge is 0.308 e. The number of nitrogens with one attached hydrogen (secondary N) is 1. The van der Waals surface area contributed by atoms with E-state index in [4.69, 9.17) is 11.6 Å². The molecule has 1 heterocycles. The highest BCUT2D eigenvalue weighted by atomic mass is 35.5. The lowest BCUT2D eigenvalue weighted by atomic mass is 10.4. The number of hydrogen-bond acceptors (Lipinski definition) is 4. The van der Waals surface area contributed by atoms with Crippen LogP contribution in [0.1, 0.15) is 24.4 Å². The van der Waals surface area contributed by atoms with Crippen molar-refractivity contribution in [3.8, 4) is 0 Å². The maximum absolute atomic E-state index is 5.87. The number of benzene rings is 1. The van der Waals surface area contributed by atoms with Crippen molar-refractivity contribution in [3.63, 3.8) is 0 Å². The number of aromatic nitrogens is 2. The van der Waals surface area contributed by atoms with Crippen LogP contribution >= 0.6 is 23.4 Å². The third kappa shape index (κ3) is 4.20. The van der Waals surface area contributed by atoms with Crippen LogP contribution in [0.3, 0.4) is 0 Å². The van der Waals surface area contributed by atoms with Crippen molar-refractivity contribution in [1.82, 2.24) is 15.3 Å². The Hall–Kier alpha value is -1.10. The summed E-state index contributed by atoms with van der Waals surface area (Å²) in [5, 5.41) is 4.23. The van der Waals surface area contributed by atoms with E-state index in [0.717, 1.165) is 28.8 Å². The van der Waals surface area contributed by atoms with Crippen molar-refractivity contribution in [1.29, 1.82) is 0 Å². The summed E-state index contributed by atoms with van der Waals surface area (Å²) in [5.74, 6) is 1.65. The summed E-state index contributed by atoms with van der Waals surface area (Å²) in [6.45, 7) is 0.839. The molecular formula is C15H16ClN3S. The minimum atomic E-state index is 0.705. The Labute approximate surface area is 128 Å². The van der Waals surface area contributed by atoms with Crippen LogP contribution in [-0.4, -0.2) is 16.0 Å². The molecule has 0 radical (unpaired) electrons. The highest BCUT2D eigenvalue weighted by Gasteiger charge is 2.20. The zero-order chi connectivity index (χ0) is 13.8. The molecule has 0 amide bonds. The molecule has 1 fully saturated rings. The fraction of sp³-hybridized carbons (Fsp3) is 0.333. The van der Waals surface area contributed by atoms with Crippen molar-refractivity contribution in [3.05, 3.63) is 53.1 Å². The van der Waals surface area contributed by atoms with Gasteiger partial charge in [0.15, 0.2) is 0 Å². The molecule has 0 bridgehead atoms. The molecule has 1 aliphatic carbocycles. The molecule has 1 aromatic carbocycles. The molecule has 1 aliphatic rings. The summed E-state index contributed by atoms with van der Waals surface area (Å²) < 4.78 is 0. The number of halogens is 1. The quantitative estimate of drug-likeness (QED) is 0.826. The first-order valence-corrected chi connectivity index (χ1v) is 8.08. The number of hydrogen-bond donors (Lipinski definition) is 1. The van der Waals surface area contributed by atoms with Crippen molar-refractivity contribution in [2.75, 3.05) is 0 Å². The first-order valence-electron chi connectivity index (χ1n) is 6.72. The molecule has 1 aromatic heterocycles. The molecule has 1 saturated carbocycles. The molecular weight excluding hydrogens is 290 g/mol. The Kier molecular flexibility index (Phi) is 4.55. The average molecular weight is 306 g/mol. The third-order valence-electron chi connectivity index (χ3n) is 3.09. The molecule has 0 saturated heterocycles. The van der Waals surface area contributed by atoms with E-state index in [0.29, 0.717) is 6.04 Å². The molecule has 5 heteroatoms. The van der Waals surface area contributed by atoms with E-state index in [1.165, 1.54) is 17.7 Å². The Morgan fingerprint density at radius 2 is 2.00 bits per heavy atom. The second-order valence-electron chi connectivity index (χ2n) is 4.86.